The number of halogens is 1. The molecule has 2 fully saturated rings. The van der Waals surface area contributed by atoms with Crippen molar-refractivity contribution in [3.8, 4) is 0 Å². The predicted molar refractivity (Wildman–Crippen MR) is 84.9 cm³/mol. The monoisotopic (exact) mass is 340 g/mol. The van der Waals surface area contributed by atoms with Gasteiger partial charge in [-0.3, -0.25) is 4.79 Å². The molecule has 0 spiro atoms. The summed E-state index contributed by atoms with van der Waals surface area (Å²) in [6.07, 6.45) is 4.11. The van der Waals surface area contributed by atoms with Crippen molar-refractivity contribution in [2.75, 3.05) is 19.3 Å². The molecular formula is C16H21FN2O3S. The first-order chi connectivity index (χ1) is 10.8. The number of carbonyl (C=O) groups is 1. The zero-order valence-corrected chi connectivity index (χ0v) is 13.9. The van der Waals surface area contributed by atoms with Crippen molar-refractivity contribution in [1.82, 2.24) is 9.62 Å². The van der Waals surface area contributed by atoms with Gasteiger partial charge in [0.2, 0.25) is 15.9 Å². The molecule has 1 saturated carbocycles. The molecule has 0 aromatic heterocycles. The van der Waals surface area contributed by atoms with Crippen LogP contribution in [-0.4, -0.2) is 44.6 Å². The van der Waals surface area contributed by atoms with E-state index in [9.17, 15) is 17.6 Å². The molecule has 0 bridgehead atoms. The van der Waals surface area contributed by atoms with E-state index in [4.69, 9.17) is 0 Å². The van der Waals surface area contributed by atoms with E-state index in [2.05, 4.69) is 4.72 Å². The Hall–Kier alpha value is -1.47. The topological polar surface area (TPSA) is 66.5 Å². The van der Waals surface area contributed by atoms with Gasteiger partial charge in [0.05, 0.1) is 11.7 Å². The summed E-state index contributed by atoms with van der Waals surface area (Å²) < 4.78 is 38.8. The predicted octanol–water partition coefficient (Wildman–Crippen LogP) is 1.40. The van der Waals surface area contributed by atoms with Crippen molar-refractivity contribution in [3.63, 3.8) is 0 Å². The molecule has 0 radical (unpaired) electrons. The Morgan fingerprint density at radius 2 is 2.13 bits per heavy atom. The molecule has 1 amide bonds. The molecule has 7 heteroatoms. The molecule has 2 aliphatic rings. The zero-order valence-electron chi connectivity index (χ0n) is 13.1. The third-order valence-electron chi connectivity index (χ3n) is 4.85. The van der Waals surface area contributed by atoms with E-state index in [0.29, 0.717) is 19.5 Å². The SMILES string of the molecule is CS(=O)(=O)N[C@@H]1CCN(C(=O)C2(c3cccc(F)c3)CCC2)C1. The molecule has 1 N–H and O–H groups in total. The average molecular weight is 340 g/mol. The van der Waals surface area contributed by atoms with Gasteiger partial charge in [0, 0.05) is 19.1 Å². The first-order valence-electron chi connectivity index (χ1n) is 7.83. The van der Waals surface area contributed by atoms with Gasteiger partial charge in [-0.05, 0) is 37.0 Å². The zero-order chi connectivity index (χ0) is 16.7. The van der Waals surface area contributed by atoms with E-state index in [1.54, 1.807) is 11.0 Å². The molecular weight excluding hydrogens is 319 g/mol. The van der Waals surface area contributed by atoms with Crippen LogP contribution in [-0.2, 0) is 20.2 Å². The Kier molecular flexibility index (Phi) is 4.18. The van der Waals surface area contributed by atoms with Crippen LogP contribution in [0.15, 0.2) is 24.3 Å². The number of nitrogens with zero attached hydrogens (tertiary/aromatic N) is 1. The Morgan fingerprint density at radius 3 is 2.70 bits per heavy atom. The summed E-state index contributed by atoms with van der Waals surface area (Å²) in [6, 6.07) is 6.03. The maximum Gasteiger partial charge on any atom is 0.233 e. The third kappa shape index (κ3) is 3.26. The van der Waals surface area contributed by atoms with Crippen molar-refractivity contribution in [3.05, 3.63) is 35.6 Å². The molecule has 1 aliphatic carbocycles. The maximum absolute atomic E-state index is 13.5. The standard InChI is InChI=1S/C16H21FN2O3S/c1-23(21,22)18-14-6-9-19(11-14)15(20)16(7-3-8-16)12-4-2-5-13(17)10-12/h2,4-5,10,14,18H,3,6-9,11H2,1H3/t14-/m1/s1. The van der Waals surface area contributed by atoms with Crippen LogP contribution in [0.2, 0.25) is 0 Å². The van der Waals surface area contributed by atoms with Crippen LogP contribution in [0.4, 0.5) is 4.39 Å². The van der Waals surface area contributed by atoms with E-state index >= 15 is 0 Å². The Labute approximate surface area is 135 Å². The van der Waals surface area contributed by atoms with E-state index in [1.165, 1.54) is 12.1 Å². The van der Waals surface area contributed by atoms with E-state index in [-0.39, 0.29) is 17.8 Å². The van der Waals surface area contributed by atoms with Crippen molar-refractivity contribution in [2.24, 2.45) is 0 Å². The van der Waals surface area contributed by atoms with Gasteiger partial charge in [0.1, 0.15) is 5.82 Å². The highest BCUT2D eigenvalue weighted by atomic mass is 32.2. The van der Waals surface area contributed by atoms with E-state index in [0.717, 1.165) is 31.1 Å². The number of nitrogens with one attached hydrogen (secondary N) is 1. The van der Waals surface area contributed by atoms with Crippen LogP contribution >= 0.6 is 0 Å². The quantitative estimate of drug-likeness (QED) is 0.901. The molecule has 23 heavy (non-hydrogen) atoms. The second kappa shape index (κ2) is 5.87. The lowest BCUT2D eigenvalue weighted by atomic mass is 9.63. The highest BCUT2D eigenvalue weighted by Crippen LogP contribution is 2.45. The Balaban J connectivity index is 1.77. The molecule has 1 atom stereocenters. The van der Waals surface area contributed by atoms with E-state index < -0.39 is 15.4 Å². The molecule has 1 aliphatic heterocycles. The Morgan fingerprint density at radius 1 is 1.39 bits per heavy atom. The fourth-order valence-electron chi connectivity index (χ4n) is 3.59. The fourth-order valence-corrected chi connectivity index (χ4v) is 4.39. The van der Waals surface area contributed by atoms with Crippen molar-refractivity contribution in [1.29, 1.82) is 0 Å². The van der Waals surface area contributed by atoms with Gasteiger partial charge < -0.3 is 4.90 Å². The number of sulfonamides is 1. The summed E-state index contributed by atoms with van der Waals surface area (Å²) in [5.74, 6) is -0.341. The van der Waals surface area contributed by atoms with Crippen LogP contribution in [0.25, 0.3) is 0 Å². The molecule has 1 saturated heterocycles. The molecule has 1 aromatic rings. The minimum Gasteiger partial charge on any atom is -0.340 e. The van der Waals surface area contributed by atoms with Crippen LogP contribution < -0.4 is 4.72 Å². The number of likely N-dealkylation sites (tertiary alicyclic amines) is 1. The van der Waals surface area contributed by atoms with Gasteiger partial charge in [0.15, 0.2) is 0 Å². The minimum absolute atomic E-state index is 0.00727. The lowest BCUT2D eigenvalue weighted by Gasteiger charge is -2.43. The third-order valence-corrected chi connectivity index (χ3v) is 5.61. The van der Waals surface area contributed by atoms with Gasteiger partial charge in [-0.1, -0.05) is 18.6 Å². The summed E-state index contributed by atoms with van der Waals surface area (Å²) in [5.41, 5.74) is 0.0931. The summed E-state index contributed by atoms with van der Waals surface area (Å²) in [7, 11) is -3.28. The largest absolute Gasteiger partial charge is 0.340 e. The van der Waals surface area contributed by atoms with Crippen LogP contribution in [0.3, 0.4) is 0 Å². The van der Waals surface area contributed by atoms with Crippen LogP contribution in [0.1, 0.15) is 31.2 Å². The molecule has 126 valence electrons. The summed E-state index contributed by atoms with van der Waals surface area (Å²) in [4.78, 5) is 14.7. The second-order valence-corrected chi connectivity index (χ2v) is 8.35. The lowest BCUT2D eigenvalue weighted by Crippen LogP contribution is -2.51. The van der Waals surface area contributed by atoms with Crippen molar-refractivity contribution >= 4 is 15.9 Å². The normalized spacial score (nSPS) is 23.6. The minimum atomic E-state index is -3.28. The first-order valence-corrected chi connectivity index (χ1v) is 9.72. The van der Waals surface area contributed by atoms with Crippen molar-refractivity contribution < 1.29 is 17.6 Å². The summed E-state index contributed by atoms with van der Waals surface area (Å²) in [5, 5.41) is 0. The highest BCUT2D eigenvalue weighted by molar-refractivity contribution is 7.88. The average Bonchev–Trinajstić information content (AvgIpc) is 2.83. The number of hydrogen-bond donors (Lipinski definition) is 1. The molecule has 3 rings (SSSR count). The second-order valence-electron chi connectivity index (χ2n) is 6.57. The van der Waals surface area contributed by atoms with Crippen molar-refractivity contribution in [2.45, 2.75) is 37.1 Å². The number of carbonyl (C=O) groups excluding carboxylic acids is 1. The number of benzene rings is 1. The van der Waals surface area contributed by atoms with Gasteiger partial charge >= 0.3 is 0 Å². The lowest BCUT2D eigenvalue weighted by molar-refractivity contribution is -0.139. The molecule has 0 unspecified atom stereocenters. The van der Waals surface area contributed by atoms with Crippen LogP contribution in [0, 0.1) is 5.82 Å². The van der Waals surface area contributed by atoms with E-state index in [1.807, 2.05) is 6.07 Å². The Bertz CT molecular complexity index is 716. The number of hydrogen-bond acceptors (Lipinski definition) is 3. The molecule has 5 nitrogen and oxygen atoms in total. The maximum atomic E-state index is 13.5. The summed E-state index contributed by atoms with van der Waals surface area (Å²) in [6.45, 7) is 0.909. The molecule has 1 heterocycles. The molecule has 1 aromatic carbocycles. The number of amides is 1. The highest BCUT2D eigenvalue weighted by Gasteiger charge is 2.48. The van der Waals surface area contributed by atoms with Gasteiger partial charge in [-0.2, -0.15) is 0 Å². The number of rotatable bonds is 4. The first kappa shape index (κ1) is 16.4. The summed E-state index contributed by atoms with van der Waals surface area (Å²) >= 11 is 0. The van der Waals surface area contributed by atoms with Gasteiger partial charge in [-0.15, -0.1) is 0 Å². The van der Waals surface area contributed by atoms with Crippen LogP contribution in [0.5, 0.6) is 0 Å². The smallest absolute Gasteiger partial charge is 0.233 e. The van der Waals surface area contributed by atoms with Gasteiger partial charge in [0.25, 0.3) is 0 Å². The fraction of sp³-hybridized carbons (Fsp3) is 0.562. The van der Waals surface area contributed by atoms with Gasteiger partial charge in [-0.25, -0.2) is 17.5 Å².